The average molecular weight is 1040 g/mol. The molecule has 8 N–H and O–H groups in total. The normalized spacial score (nSPS) is 21.8. The first kappa shape index (κ1) is 55.8. The largest absolute Gasteiger partial charge is 0.519 e. The minimum absolute atomic E-state index is 0.0139. The highest BCUT2D eigenvalue weighted by atomic mass is 16.7. The topological polar surface area (TPSA) is 233 Å². The molecule has 0 bridgehead atoms. The Balaban J connectivity index is 1.06. The Kier molecular flexibility index (Phi) is 18.8. The highest BCUT2D eigenvalue weighted by Gasteiger charge is 2.44. The summed E-state index contributed by atoms with van der Waals surface area (Å²) >= 11 is 0. The molecule has 0 saturated heterocycles. The third-order valence-corrected chi connectivity index (χ3v) is 16.3. The molecule has 15 heteroatoms. The first-order valence-corrected chi connectivity index (χ1v) is 27.9. The molecule has 4 saturated carbocycles. The third kappa shape index (κ3) is 13.7. The number of rotatable bonds is 28. The minimum atomic E-state index is -0.984. The van der Waals surface area contributed by atoms with E-state index in [1.165, 1.54) is 0 Å². The summed E-state index contributed by atoms with van der Waals surface area (Å²) < 4.78 is 12.3. The zero-order valence-electron chi connectivity index (χ0n) is 44.7. The SMILES string of the molecule is CCC(=O)NCC1CC1c1cccc(O)c1CCc1ccc(OC(=O)Oc2ccc(CCc3c(O)cccc3C3CC3CNC(=O)CC)c(C3CC3CNC(=O)CC)c2CCO)c(CCO)c1C1CC1CNC(=O)CC. The minimum Gasteiger partial charge on any atom is -0.508 e. The predicted octanol–water partition coefficient (Wildman–Crippen LogP) is 7.83. The van der Waals surface area contributed by atoms with E-state index in [9.17, 15) is 44.4 Å². The molecule has 8 unspecified atom stereocenters. The molecule has 0 heterocycles. The van der Waals surface area contributed by atoms with Crippen LogP contribution in [0.1, 0.15) is 158 Å². The van der Waals surface area contributed by atoms with Crippen LogP contribution in [0.5, 0.6) is 23.0 Å². The molecule has 4 aromatic rings. The number of hydrogen-bond acceptors (Lipinski definition) is 11. The molecule has 4 aromatic carbocycles. The zero-order chi connectivity index (χ0) is 54.0. The number of nitrogens with one attached hydrogen (secondary N) is 4. The van der Waals surface area contributed by atoms with E-state index in [1.807, 2.05) is 52.0 Å². The molecule has 4 aliphatic carbocycles. The van der Waals surface area contributed by atoms with E-state index in [0.717, 1.165) is 70.2 Å². The number of hydrogen-bond donors (Lipinski definition) is 8. The Morgan fingerprint density at radius 3 is 1.13 bits per heavy atom. The summed E-state index contributed by atoms with van der Waals surface area (Å²) in [4.78, 5) is 63.0. The highest BCUT2D eigenvalue weighted by molar-refractivity contribution is 5.77. The van der Waals surface area contributed by atoms with Crippen LogP contribution in [0.3, 0.4) is 0 Å². The maximum atomic E-state index is 14.2. The van der Waals surface area contributed by atoms with Gasteiger partial charge in [-0.05, 0) is 180 Å². The van der Waals surface area contributed by atoms with Gasteiger partial charge in [0.2, 0.25) is 23.6 Å². The van der Waals surface area contributed by atoms with E-state index in [-0.39, 0.29) is 120 Å². The van der Waals surface area contributed by atoms with Gasteiger partial charge in [-0.15, -0.1) is 0 Å². The molecule has 15 nitrogen and oxygen atoms in total. The lowest BCUT2D eigenvalue weighted by Crippen LogP contribution is -2.25. The Hall–Kier alpha value is -6.45. The summed E-state index contributed by atoms with van der Waals surface area (Å²) in [5, 5.41) is 55.7. The summed E-state index contributed by atoms with van der Waals surface area (Å²) in [5.74, 6) is 2.17. The van der Waals surface area contributed by atoms with E-state index < -0.39 is 6.16 Å². The van der Waals surface area contributed by atoms with Crippen LogP contribution < -0.4 is 30.7 Å². The van der Waals surface area contributed by atoms with Crippen molar-refractivity contribution in [1.29, 1.82) is 0 Å². The highest BCUT2D eigenvalue weighted by Crippen LogP contribution is 2.54. The molecule has 4 aliphatic rings. The fraction of sp³-hybridized carbons (Fsp3) is 0.525. The van der Waals surface area contributed by atoms with E-state index in [1.54, 1.807) is 24.3 Å². The standard InChI is InChI=1S/C61H78N4O11/c1-5-55(70)62-31-37-27-47(37)41-11-9-13-51(68)43(41)19-15-35-17-21-53(45(23-25-66)59(35)49-29-39(49)33-64-57(72)7-3)75-61(74)76-54-22-18-36(60(46(54)24-26-67)50-30-40(50)34-65-58(73)8-4)16-20-44-42(12-10-14-52(44)69)48-28-38(48)32-63-56(71)6-2/h9-14,17-18,21-22,37-40,47-50,66-69H,5-8,15-16,19-20,23-34H2,1-4H3,(H,62,70)(H,63,71)(H,64,72)(H,65,73). The van der Waals surface area contributed by atoms with E-state index in [4.69, 9.17) is 9.47 Å². The monoisotopic (exact) mass is 1040 g/mol. The Morgan fingerprint density at radius 1 is 0.447 bits per heavy atom. The van der Waals surface area contributed by atoms with Gasteiger partial charge < -0.3 is 51.2 Å². The molecule has 8 rings (SSSR count). The number of phenolic OH excluding ortho intramolecular Hbond substituents is 2. The lowest BCUT2D eigenvalue weighted by atomic mass is 9.88. The number of benzene rings is 4. The van der Waals surface area contributed by atoms with Gasteiger partial charge in [0.25, 0.3) is 0 Å². The number of carbonyl (C=O) groups excluding carboxylic acids is 5. The van der Waals surface area contributed by atoms with Crippen molar-refractivity contribution < 1.29 is 53.9 Å². The molecule has 0 spiro atoms. The molecule has 0 aliphatic heterocycles. The summed E-state index contributed by atoms with van der Waals surface area (Å²) in [6, 6.07) is 18.6. The molecule has 0 aromatic heterocycles. The van der Waals surface area contributed by atoms with Crippen LogP contribution in [0.15, 0.2) is 60.7 Å². The van der Waals surface area contributed by atoms with Crippen molar-refractivity contribution in [3.8, 4) is 23.0 Å². The number of aliphatic hydroxyl groups excluding tert-OH is 2. The van der Waals surface area contributed by atoms with Crippen molar-refractivity contribution in [2.45, 2.75) is 141 Å². The Morgan fingerprint density at radius 2 is 0.789 bits per heavy atom. The van der Waals surface area contributed by atoms with Crippen LogP contribution in [-0.4, -0.2) is 89.6 Å². The number of aryl methyl sites for hydroxylation is 2. The second-order valence-electron chi connectivity index (χ2n) is 21.4. The number of carbonyl (C=O) groups is 5. The summed E-state index contributed by atoms with van der Waals surface area (Å²) in [7, 11) is 0. The molecule has 76 heavy (non-hydrogen) atoms. The number of aliphatic hydroxyl groups is 2. The quantitative estimate of drug-likeness (QED) is 0.0202. The summed E-state index contributed by atoms with van der Waals surface area (Å²) in [6.07, 6.45) is 6.52. The fourth-order valence-electron chi connectivity index (χ4n) is 11.7. The summed E-state index contributed by atoms with van der Waals surface area (Å²) in [5.41, 5.74) is 9.08. The van der Waals surface area contributed by atoms with Gasteiger partial charge in [-0.25, -0.2) is 4.79 Å². The van der Waals surface area contributed by atoms with Gasteiger partial charge in [-0.3, -0.25) is 19.2 Å². The van der Waals surface area contributed by atoms with Crippen LogP contribution in [0.2, 0.25) is 0 Å². The van der Waals surface area contributed by atoms with Crippen molar-refractivity contribution in [1.82, 2.24) is 21.3 Å². The molecule has 4 amide bonds. The number of aromatic hydroxyl groups is 2. The van der Waals surface area contributed by atoms with E-state index in [2.05, 4.69) is 33.4 Å². The smallest absolute Gasteiger partial charge is 0.508 e. The molecule has 0 radical (unpaired) electrons. The van der Waals surface area contributed by atoms with Crippen molar-refractivity contribution >= 4 is 29.8 Å². The van der Waals surface area contributed by atoms with Gasteiger partial charge in [0.05, 0.1) is 0 Å². The Bertz CT molecular complexity index is 2580. The molecule has 8 atom stereocenters. The van der Waals surface area contributed by atoms with E-state index >= 15 is 0 Å². The van der Waals surface area contributed by atoms with Crippen LogP contribution in [0.4, 0.5) is 4.79 Å². The van der Waals surface area contributed by atoms with E-state index in [0.29, 0.717) is 88.7 Å². The predicted molar refractivity (Wildman–Crippen MR) is 289 cm³/mol. The first-order valence-electron chi connectivity index (χ1n) is 27.9. The van der Waals surface area contributed by atoms with Crippen LogP contribution in [0.25, 0.3) is 0 Å². The second kappa shape index (κ2) is 25.6. The van der Waals surface area contributed by atoms with Crippen molar-refractivity contribution in [3.05, 3.63) is 116 Å². The molecular weight excluding hydrogens is 965 g/mol. The zero-order valence-corrected chi connectivity index (χ0v) is 44.7. The first-order chi connectivity index (χ1) is 36.8. The number of amides is 4. The Labute approximate surface area is 446 Å². The second-order valence-corrected chi connectivity index (χ2v) is 21.4. The molecule has 408 valence electrons. The maximum absolute atomic E-state index is 14.2. The van der Waals surface area contributed by atoms with Gasteiger partial charge in [0.1, 0.15) is 23.0 Å². The van der Waals surface area contributed by atoms with Crippen LogP contribution in [-0.2, 0) is 57.7 Å². The number of phenols is 2. The van der Waals surface area contributed by atoms with Gasteiger partial charge >= 0.3 is 6.16 Å². The van der Waals surface area contributed by atoms with Gasteiger partial charge in [-0.2, -0.15) is 0 Å². The maximum Gasteiger partial charge on any atom is 0.519 e. The average Bonchev–Trinajstić information content (AvgIpc) is 4.22. The van der Waals surface area contributed by atoms with Crippen molar-refractivity contribution in [2.24, 2.45) is 23.7 Å². The summed E-state index contributed by atoms with van der Waals surface area (Å²) in [6.45, 7) is 8.99. The molecule has 4 fully saturated rings. The fourth-order valence-corrected chi connectivity index (χ4v) is 11.7. The molecular formula is C61H78N4O11. The van der Waals surface area contributed by atoms with Gasteiger partial charge in [0, 0.05) is 76.2 Å². The van der Waals surface area contributed by atoms with Crippen molar-refractivity contribution in [2.75, 3.05) is 39.4 Å². The van der Waals surface area contributed by atoms with Crippen LogP contribution in [0, 0.1) is 23.7 Å². The van der Waals surface area contributed by atoms with Crippen LogP contribution >= 0.6 is 0 Å². The van der Waals surface area contributed by atoms with Gasteiger partial charge in [-0.1, -0.05) is 64.1 Å². The van der Waals surface area contributed by atoms with Crippen molar-refractivity contribution in [3.63, 3.8) is 0 Å². The lowest BCUT2D eigenvalue weighted by Gasteiger charge is -2.21. The third-order valence-electron chi connectivity index (χ3n) is 16.3. The number of ether oxygens (including phenoxy) is 2. The lowest BCUT2D eigenvalue weighted by molar-refractivity contribution is -0.121. The van der Waals surface area contributed by atoms with Gasteiger partial charge in [0.15, 0.2) is 0 Å².